The lowest BCUT2D eigenvalue weighted by Crippen LogP contribution is -2.50. The van der Waals surface area contributed by atoms with E-state index in [2.05, 4.69) is 9.80 Å². The third-order valence-electron chi connectivity index (χ3n) is 5.23. The van der Waals surface area contributed by atoms with Crippen molar-refractivity contribution in [1.82, 2.24) is 14.7 Å². The number of benzene rings is 1. The lowest BCUT2D eigenvalue weighted by molar-refractivity contribution is -0.131. The zero-order valence-electron chi connectivity index (χ0n) is 15.9. The molecule has 0 saturated carbocycles. The molecule has 2 heterocycles. The van der Waals surface area contributed by atoms with Crippen molar-refractivity contribution in [1.29, 1.82) is 0 Å². The van der Waals surface area contributed by atoms with Crippen molar-refractivity contribution >= 4 is 5.91 Å². The molecule has 6 heteroatoms. The molecular formula is C20H31N3O3. The van der Waals surface area contributed by atoms with Gasteiger partial charge in [0.05, 0.1) is 20.3 Å². The van der Waals surface area contributed by atoms with E-state index in [0.717, 1.165) is 83.2 Å². The number of carbonyl (C=O) groups excluding carboxylic acids is 1. The second-order valence-corrected chi connectivity index (χ2v) is 7.08. The van der Waals surface area contributed by atoms with Crippen molar-refractivity contribution in [3.63, 3.8) is 0 Å². The Kier molecular flexibility index (Phi) is 7.14. The minimum Gasteiger partial charge on any atom is -0.497 e. The van der Waals surface area contributed by atoms with Crippen molar-refractivity contribution in [2.45, 2.75) is 19.3 Å². The maximum atomic E-state index is 12.2. The molecule has 0 spiro atoms. The van der Waals surface area contributed by atoms with Gasteiger partial charge in [-0.05, 0) is 43.5 Å². The van der Waals surface area contributed by atoms with Crippen molar-refractivity contribution in [2.75, 3.05) is 66.1 Å². The van der Waals surface area contributed by atoms with Gasteiger partial charge >= 0.3 is 0 Å². The smallest absolute Gasteiger partial charge is 0.236 e. The Morgan fingerprint density at radius 3 is 2.19 bits per heavy atom. The van der Waals surface area contributed by atoms with Crippen molar-refractivity contribution in [3.05, 3.63) is 24.3 Å². The van der Waals surface area contributed by atoms with Crippen LogP contribution < -0.4 is 9.47 Å². The zero-order chi connectivity index (χ0) is 18.2. The van der Waals surface area contributed by atoms with Crippen LogP contribution in [-0.2, 0) is 4.79 Å². The van der Waals surface area contributed by atoms with E-state index in [9.17, 15) is 4.79 Å². The van der Waals surface area contributed by atoms with Gasteiger partial charge in [0.15, 0.2) is 0 Å². The van der Waals surface area contributed by atoms with Gasteiger partial charge in [0.25, 0.3) is 0 Å². The van der Waals surface area contributed by atoms with E-state index < -0.39 is 0 Å². The number of rotatable bonds is 8. The lowest BCUT2D eigenvalue weighted by Gasteiger charge is -2.35. The minimum absolute atomic E-state index is 0.309. The molecule has 1 amide bonds. The van der Waals surface area contributed by atoms with Crippen molar-refractivity contribution < 1.29 is 14.3 Å². The van der Waals surface area contributed by atoms with E-state index in [1.165, 1.54) is 0 Å². The highest BCUT2D eigenvalue weighted by Crippen LogP contribution is 2.17. The molecule has 2 saturated heterocycles. The average molecular weight is 361 g/mol. The van der Waals surface area contributed by atoms with Crippen LogP contribution in [0, 0.1) is 0 Å². The molecule has 0 aromatic heterocycles. The van der Waals surface area contributed by atoms with Crippen LogP contribution in [0.3, 0.4) is 0 Å². The summed E-state index contributed by atoms with van der Waals surface area (Å²) in [5, 5.41) is 0. The van der Waals surface area contributed by atoms with Gasteiger partial charge in [-0.15, -0.1) is 0 Å². The summed E-state index contributed by atoms with van der Waals surface area (Å²) in [6, 6.07) is 7.71. The largest absolute Gasteiger partial charge is 0.497 e. The Labute approximate surface area is 156 Å². The first kappa shape index (κ1) is 19.0. The number of ether oxygens (including phenoxy) is 2. The Balaban J connectivity index is 1.27. The molecule has 1 aromatic carbocycles. The number of methoxy groups -OCH3 is 1. The van der Waals surface area contributed by atoms with E-state index in [0.29, 0.717) is 12.5 Å². The van der Waals surface area contributed by atoms with E-state index in [1.807, 2.05) is 29.2 Å². The number of nitrogens with zero attached hydrogens (tertiary/aromatic N) is 3. The molecule has 0 N–H and O–H groups in total. The first-order chi connectivity index (χ1) is 12.7. The molecule has 0 bridgehead atoms. The molecule has 1 aromatic rings. The number of carbonyl (C=O) groups is 1. The number of amides is 1. The summed E-state index contributed by atoms with van der Waals surface area (Å²) in [6.45, 7) is 8.31. The van der Waals surface area contributed by atoms with Gasteiger partial charge in [-0.1, -0.05) is 0 Å². The fourth-order valence-corrected chi connectivity index (χ4v) is 3.58. The summed E-state index contributed by atoms with van der Waals surface area (Å²) in [7, 11) is 1.66. The number of likely N-dealkylation sites (tertiary alicyclic amines) is 1. The standard InChI is InChI=1S/C20H31N3O3/c1-25-18-5-7-19(8-6-18)26-16-4-9-21-12-14-22(15-13-21)17-20(24)23-10-2-3-11-23/h5-8H,2-4,9-17H2,1H3. The number of hydrogen-bond acceptors (Lipinski definition) is 5. The summed E-state index contributed by atoms with van der Waals surface area (Å²) < 4.78 is 10.9. The number of piperazine rings is 1. The Bertz CT molecular complexity index is 550. The zero-order valence-corrected chi connectivity index (χ0v) is 15.9. The molecule has 144 valence electrons. The SMILES string of the molecule is COc1ccc(OCCCN2CCN(CC(=O)N3CCCC3)CC2)cc1. The van der Waals surface area contributed by atoms with Crippen LogP contribution in [0.15, 0.2) is 24.3 Å². The highest BCUT2D eigenvalue weighted by Gasteiger charge is 2.23. The summed E-state index contributed by atoms with van der Waals surface area (Å²) >= 11 is 0. The van der Waals surface area contributed by atoms with Gasteiger partial charge in [-0.2, -0.15) is 0 Å². The molecule has 0 aliphatic carbocycles. The van der Waals surface area contributed by atoms with Crippen LogP contribution in [0.25, 0.3) is 0 Å². The maximum absolute atomic E-state index is 12.2. The topological polar surface area (TPSA) is 45.3 Å². The van der Waals surface area contributed by atoms with E-state index >= 15 is 0 Å². The molecule has 26 heavy (non-hydrogen) atoms. The third-order valence-corrected chi connectivity index (χ3v) is 5.23. The van der Waals surface area contributed by atoms with Crippen molar-refractivity contribution in [2.24, 2.45) is 0 Å². The molecule has 2 aliphatic rings. The fourth-order valence-electron chi connectivity index (χ4n) is 3.58. The van der Waals surface area contributed by atoms with E-state index in [4.69, 9.17) is 9.47 Å². The van der Waals surface area contributed by atoms with E-state index in [1.54, 1.807) is 7.11 Å². The molecule has 2 aliphatic heterocycles. The fraction of sp³-hybridized carbons (Fsp3) is 0.650. The predicted molar refractivity (Wildman–Crippen MR) is 102 cm³/mol. The second-order valence-electron chi connectivity index (χ2n) is 7.08. The van der Waals surface area contributed by atoms with Crippen LogP contribution in [-0.4, -0.2) is 86.7 Å². The summed E-state index contributed by atoms with van der Waals surface area (Å²) in [6.07, 6.45) is 3.34. The predicted octanol–water partition coefficient (Wildman–Crippen LogP) is 1.70. The summed E-state index contributed by atoms with van der Waals surface area (Å²) in [5.74, 6) is 2.04. The van der Waals surface area contributed by atoms with Gasteiger partial charge in [0, 0.05) is 45.8 Å². The first-order valence-corrected chi connectivity index (χ1v) is 9.74. The van der Waals surface area contributed by atoms with Gasteiger partial charge < -0.3 is 19.3 Å². The quantitative estimate of drug-likeness (QED) is 0.660. The summed E-state index contributed by atoms with van der Waals surface area (Å²) in [4.78, 5) is 19.0. The van der Waals surface area contributed by atoms with Crippen LogP contribution in [0.4, 0.5) is 0 Å². The monoisotopic (exact) mass is 361 g/mol. The molecule has 0 radical (unpaired) electrons. The molecular weight excluding hydrogens is 330 g/mol. The van der Waals surface area contributed by atoms with Crippen LogP contribution in [0.1, 0.15) is 19.3 Å². The minimum atomic E-state index is 0.309. The van der Waals surface area contributed by atoms with Gasteiger partial charge in [0.1, 0.15) is 11.5 Å². The van der Waals surface area contributed by atoms with Crippen molar-refractivity contribution in [3.8, 4) is 11.5 Å². The average Bonchev–Trinajstić information content (AvgIpc) is 3.22. The number of hydrogen-bond donors (Lipinski definition) is 0. The summed E-state index contributed by atoms with van der Waals surface area (Å²) in [5.41, 5.74) is 0. The molecule has 3 rings (SSSR count). The maximum Gasteiger partial charge on any atom is 0.236 e. The molecule has 0 atom stereocenters. The molecule has 2 fully saturated rings. The van der Waals surface area contributed by atoms with E-state index in [-0.39, 0.29) is 0 Å². The normalized spacial score (nSPS) is 18.9. The highest BCUT2D eigenvalue weighted by atomic mass is 16.5. The van der Waals surface area contributed by atoms with Crippen LogP contribution >= 0.6 is 0 Å². The van der Waals surface area contributed by atoms with Gasteiger partial charge in [0.2, 0.25) is 5.91 Å². The third kappa shape index (κ3) is 5.61. The lowest BCUT2D eigenvalue weighted by atomic mass is 10.3. The second kappa shape index (κ2) is 9.78. The molecule has 0 unspecified atom stereocenters. The first-order valence-electron chi connectivity index (χ1n) is 9.74. The highest BCUT2D eigenvalue weighted by molar-refractivity contribution is 5.78. The Morgan fingerprint density at radius 2 is 1.54 bits per heavy atom. The van der Waals surface area contributed by atoms with Gasteiger partial charge in [-0.25, -0.2) is 0 Å². The Morgan fingerprint density at radius 1 is 0.923 bits per heavy atom. The van der Waals surface area contributed by atoms with Crippen LogP contribution in [0.5, 0.6) is 11.5 Å². The molecule has 6 nitrogen and oxygen atoms in total. The van der Waals surface area contributed by atoms with Crippen LogP contribution in [0.2, 0.25) is 0 Å². The van der Waals surface area contributed by atoms with Gasteiger partial charge in [-0.3, -0.25) is 9.69 Å². The Hall–Kier alpha value is -1.79.